The minimum atomic E-state index is -3.10. The van der Waals surface area contributed by atoms with Gasteiger partial charge in [0.05, 0.1) is 12.3 Å². The van der Waals surface area contributed by atoms with E-state index < -0.39 is 10.0 Å². The first-order valence-corrected chi connectivity index (χ1v) is 11.3. The molecular formula is C17H32N6O3S. The maximum Gasteiger partial charge on any atom is 0.228 e. The molecule has 2 heterocycles. The number of aliphatic imine (C=N–C) groups is 1. The van der Waals surface area contributed by atoms with Gasteiger partial charge in [-0.3, -0.25) is 4.99 Å². The Morgan fingerprint density at radius 3 is 2.59 bits per heavy atom. The molecule has 27 heavy (non-hydrogen) atoms. The molecule has 1 fully saturated rings. The molecule has 0 atom stereocenters. The van der Waals surface area contributed by atoms with Gasteiger partial charge in [-0.15, -0.1) is 0 Å². The Hall–Kier alpha value is -1.68. The summed E-state index contributed by atoms with van der Waals surface area (Å²) in [5.41, 5.74) is 0. The third kappa shape index (κ3) is 6.46. The van der Waals surface area contributed by atoms with Crippen LogP contribution in [0.4, 0.5) is 0 Å². The van der Waals surface area contributed by atoms with Crippen molar-refractivity contribution in [3.05, 3.63) is 11.7 Å². The number of hydrogen-bond acceptors (Lipinski definition) is 6. The highest BCUT2D eigenvalue weighted by Crippen LogP contribution is 2.14. The molecule has 0 saturated carbocycles. The van der Waals surface area contributed by atoms with Gasteiger partial charge in [0.15, 0.2) is 11.8 Å². The number of sulfonamides is 1. The van der Waals surface area contributed by atoms with E-state index >= 15 is 0 Å². The summed E-state index contributed by atoms with van der Waals surface area (Å²) in [4.78, 5) is 8.93. The maximum absolute atomic E-state index is 12.0. The van der Waals surface area contributed by atoms with Gasteiger partial charge in [0, 0.05) is 38.0 Å². The van der Waals surface area contributed by atoms with Crippen LogP contribution in [0.5, 0.6) is 0 Å². The first kappa shape index (κ1) is 21.6. The highest BCUT2D eigenvalue weighted by atomic mass is 32.2. The third-order valence-corrected chi connectivity index (χ3v) is 6.37. The van der Waals surface area contributed by atoms with Gasteiger partial charge in [-0.2, -0.15) is 4.98 Å². The van der Waals surface area contributed by atoms with Gasteiger partial charge < -0.3 is 15.2 Å². The van der Waals surface area contributed by atoms with Crippen molar-refractivity contribution in [1.29, 1.82) is 0 Å². The second-order valence-corrected chi connectivity index (χ2v) is 9.19. The smallest absolute Gasteiger partial charge is 0.228 e. The minimum Gasteiger partial charge on any atom is -0.357 e. The van der Waals surface area contributed by atoms with E-state index in [1.54, 1.807) is 11.2 Å². The zero-order valence-electron chi connectivity index (χ0n) is 16.7. The van der Waals surface area contributed by atoms with E-state index in [9.17, 15) is 8.42 Å². The molecule has 0 radical (unpaired) electrons. The number of nitrogens with zero attached hydrogens (tertiary/aromatic N) is 4. The van der Waals surface area contributed by atoms with Gasteiger partial charge in [-0.05, 0) is 26.7 Å². The fourth-order valence-electron chi connectivity index (χ4n) is 2.84. The monoisotopic (exact) mass is 400 g/mol. The van der Waals surface area contributed by atoms with Crippen molar-refractivity contribution in [2.75, 3.05) is 31.9 Å². The van der Waals surface area contributed by atoms with Gasteiger partial charge in [-0.1, -0.05) is 19.0 Å². The van der Waals surface area contributed by atoms with E-state index in [0.29, 0.717) is 37.8 Å². The van der Waals surface area contributed by atoms with Crippen molar-refractivity contribution in [3.8, 4) is 0 Å². The van der Waals surface area contributed by atoms with Gasteiger partial charge in [0.2, 0.25) is 15.9 Å². The maximum atomic E-state index is 12.0. The van der Waals surface area contributed by atoms with Crippen molar-refractivity contribution in [1.82, 2.24) is 25.1 Å². The Balaban J connectivity index is 1.85. The predicted octanol–water partition coefficient (Wildman–Crippen LogP) is 1.10. The van der Waals surface area contributed by atoms with Crippen LogP contribution in [0.15, 0.2) is 9.52 Å². The van der Waals surface area contributed by atoms with Crippen LogP contribution in [0.3, 0.4) is 0 Å². The van der Waals surface area contributed by atoms with Crippen LogP contribution in [0, 0.1) is 0 Å². The molecule has 1 aliphatic rings. The number of guanidine groups is 1. The second-order valence-electron chi connectivity index (χ2n) is 6.93. The normalized spacial score (nSPS) is 17.4. The Bertz CT molecular complexity index is 708. The largest absolute Gasteiger partial charge is 0.357 e. The lowest BCUT2D eigenvalue weighted by Crippen LogP contribution is -2.50. The fourth-order valence-corrected chi connectivity index (χ4v) is 3.97. The zero-order valence-corrected chi connectivity index (χ0v) is 17.5. The molecule has 10 heteroatoms. The van der Waals surface area contributed by atoms with E-state index in [0.717, 1.165) is 25.3 Å². The van der Waals surface area contributed by atoms with Crippen LogP contribution >= 0.6 is 0 Å². The summed E-state index contributed by atoms with van der Waals surface area (Å²) >= 11 is 0. The van der Waals surface area contributed by atoms with E-state index in [1.807, 2.05) is 20.8 Å². The Kier molecular flexibility index (Phi) is 8.03. The number of hydrogen-bond donors (Lipinski definition) is 2. The average Bonchev–Trinajstić information content (AvgIpc) is 3.11. The summed E-state index contributed by atoms with van der Waals surface area (Å²) in [7, 11) is -3.10. The molecule has 0 bridgehead atoms. The average molecular weight is 401 g/mol. The molecule has 9 nitrogen and oxygen atoms in total. The zero-order chi connectivity index (χ0) is 19.9. The third-order valence-electron chi connectivity index (χ3n) is 4.49. The minimum absolute atomic E-state index is 0.156. The van der Waals surface area contributed by atoms with Crippen molar-refractivity contribution >= 4 is 16.0 Å². The van der Waals surface area contributed by atoms with Crippen LogP contribution in [0.25, 0.3) is 0 Å². The summed E-state index contributed by atoms with van der Waals surface area (Å²) in [6, 6.07) is 0.210. The number of nitrogens with one attached hydrogen (secondary N) is 2. The first-order chi connectivity index (χ1) is 12.9. The second kappa shape index (κ2) is 10.0. The molecule has 1 saturated heterocycles. The van der Waals surface area contributed by atoms with Crippen molar-refractivity contribution in [2.45, 2.75) is 58.9 Å². The van der Waals surface area contributed by atoms with Crippen molar-refractivity contribution < 1.29 is 12.9 Å². The topological polar surface area (TPSA) is 113 Å². The van der Waals surface area contributed by atoms with Crippen LogP contribution < -0.4 is 10.6 Å². The Labute approximate surface area is 162 Å². The fraction of sp³-hybridized carbons (Fsp3) is 0.824. The van der Waals surface area contributed by atoms with Gasteiger partial charge >= 0.3 is 0 Å². The number of rotatable bonds is 8. The first-order valence-electron chi connectivity index (χ1n) is 9.70. The van der Waals surface area contributed by atoms with E-state index in [4.69, 9.17) is 4.52 Å². The SMILES string of the molecule is CCNC(=NCCc1nc(C(C)C)no1)NC1CCN(S(=O)(=O)CC)CC1. The predicted molar refractivity (Wildman–Crippen MR) is 105 cm³/mol. The van der Waals surface area contributed by atoms with Crippen LogP contribution in [-0.4, -0.2) is 66.8 Å². The molecule has 0 unspecified atom stereocenters. The van der Waals surface area contributed by atoms with Gasteiger partial charge in [0.25, 0.3) is 0 Å². The molecule has 1 aromatic rings. The van der Waals surface area contributed by atoms with Crippen LogP contribution in [0.2, 0.25) is 0 Å². The summed E-state index contributed by atoms with van der Waals surface area (Å²) < 4.78 is 30.7. The molecular weight excluding hydrogens is 368 g/mol. The van der Waals surface area contributed by atoms with E-state index in [1.165, 1.54) is 0 Å². The molecule has 0 aliphatic carbocycles. The highest BCUT2D eigenvalue weighted by Gasteiger charge is 2.27. The standard InChI is InChI=1S/C17H32N6O3S/c1-5-18-17(19-10-7-15-21-16(13(3)4)22-26-15)20-14-8-11-23(12-9-14)27(24,25)6-2/h13-14H,5-12H2,1-4H3,(H2,18,19,20). The summed E-state index contributed by atoms with van der Waals surface area (Å²) in [6.07, 6.45) is 2.12. The highest BCUT2D eigenvalue weighted by molar-refractivity contribution is 7.89. The van der Waals surface area contributed by atoms with E-state index in [2.05, 4.69) is 25.8 Å². The lowest BCUT2D eigenvalue weighted by atomic mass is 10.1. The van der Waals surface area contributed by atoms with E-state index in [-0.39, 0.29) is 17.7 Å². The molecule has 1 aromatic heterocycles. The van der Waals surface area contributed by atoms with Gasteiger partial charge in [-0.25, -0.2) is 12.7 Å². The Morgan fingerprint density at radius 1 is 1.33 bits per heavy atom. The van der Waals surface area contributed by atoms with Crippen LogP contribution in [-0.2, 0) is 16.4 Å². The molecule has 2 rings (SSSR count). The molecule has 0 amide bonds. The lowest BCUT2D eigenvalue weighted by Gasteiger charge is -2.32. The molecule has 0 spiro atoms. The van der Waals surface area contributed by atoms with Crippen LogP contribution in [0.1, 0.15) is 58.2 Å². The quantitative estimate of drug-likeness (QED) is 0.496. The summed E-state index contributed by atoms with van der Waals surface area (Å²) in [6.45, 7) is 10.1. The van der Waals surface area contributed by atoms with Gasteiger partial charge in [0.1, 0.15) is 0 Å². The molecule has 1 aliphatic heterocycles. The van der Waals surface area contributed by atoms with Crippen molar-refractivity contribution in [2.24, 2.45) is 4.99 Å². The lowest BCUT2D eigenvalue weighted by molar-refractivity contribution is 0.306. The molecule has 0 aromatic carbocycles. The molecule has 2 N–H and O–H groups in total. The Morgan fingerprint density at radius 2 is 2.04 bits per heavy atom. The number of piperidine rings is 1. The van der Waals surface area contributed by atoms with Crippen molar-refractivity contribution in [3.63, 3.8) is 0 Å². The summed E-state index contributed by atoms with van der Waals surface area (Å²) in [5, 5.41) is 10.6. The summed E-state index contributed by atoms with van der Waals surface area (Å²) in [5.74, 6) is 2.44. The number of aromatic nitrogens is 2. The molecule has 154 valence electrons.